The Labute approximate surface area is 165 Å². The topological polar surface area (TPSA) is 87.3 Å². The van der Waals surface area contributed by atoms with Crippen molar-refractivity contribution in [2.24, 2.45) is 5.92 Å². The van der Waals surface area contributed by atoms with Crippen LogP contribution in [0.1, 0.15) is 46.5 Å². The third-order valence-corrected chi connectivity index (χ3v) is 7.30. The lowest BCUT2D eigenvalue weighted by molar-refractivity contribution is -0.125. The summed E-state index contributed by atoms with van der Waals surface area (Å²) in [6.45, 7) is 5.00. The summed E-state index contributed by atoms with van der Waals surface area (Å²) in [7, 11) is -3.38. The Balaban J connectivity index is 1.84. The quantitative estimate of drug-likeness (QED) is 0.632. The van der Waals surface area contributed by atoms with Crippen LogP contribution in [0.15, 0.2) is 18.2 Å². The molecule has 3 N–H and O–H groups in total. The summed E-state index contributed by atoms with van der Waals surface area (Å²) in [4.78, 5) is 12.3. The molecule has 1 aromatic carbocycles. The molecule has 1 fully saturated rings. The summed E-state index contributed by atoms with van der Waals surface area (Å²) in [5.41, 5.74) is 5.97. The van der Waals surface area contributed by atoms with Gasteiger partial charge >= 0.3 is 0 Å². The number of hydrogen-bond donors (Lipinski definition) is 3. The van der Waals surface area contributed by atoms with Gasteiger partial charge in [-0.3, -0.25) is 15.6 Å². The van der Waals surface area contributed by atoms with Crippen LogP contribution in [0, 0.1) is 5.92 Å². The van der Waals surface area contributed by atoms with E-state index in [4.69, 9.17) is 23.2 Å². The zero-order chi connectivity index (χ0) is 19.5. The Morgan fingerprint density at radius 3 is 2.31 bits per heavy atom. The molecule has 0 heterocycles. The predicted octanol–water partition coefficient (Wildman–Crippen LogP) is 3.71. The molecular weight excluding hydrogens is 397 g/mol. The van der Waals surface area contributed by atoms with Crippen molar-refractivity contribution < 1.29 is 13.2 Å². The number of sulfonamides is 1. The second-order valence-corrected chi connectivity index (χ2v) is 10.8. The van der Waals surface area contributed by atoms with E-state index in [1.165, 1.54) is 0 Å². The number of carbonyl (C=O) groups is 1. The number of nitrogens with one attached hydrogen (secondary N) is 3. The first-order chi connectivity index (χ1) is 12.0. The van der Waals surface area contributed by atoms with Crippen molar-refractivity contribution in [3.63, 3.8) is 0 Å². The predicted molar refractivity (Wildman–Crippen MR) is 106 cm³/mol. The lowest BCUT2D eigenvalue weighted by Crippen LogP contribution is -2.47. The molecule has 0 aromatic heterocycles. The van der Waals surface area contributed by atoms with E-state index in [2.05, 4.69) is 15.6 Å². The zero-order valence-corrected chi connectivity index (χ0v) is 17.4. The molecule has 1 aromatic rings. The number of amides is 1. The van der Waals surface area contributed by atoms with Crippen LogP contribution in [-0.4, -0.2) is 25.1 Å². The molecule has 2 rings (SSSR count). The fourth-order valence-electron chi connectivity index (χ4n) is 2.69. The van der Waals surface area contributed by atoms with Gasteiger partial charge in [0.25, 0.3) is 0 Å². The van der Waals surface area contributed by atoms with Crippen LogP contribution in [0.5, 0.6) is 0 Å². The van der Waals surface area contributed by atoms with Gasteiger partial charge < -0.3 is 0 Å². The first-order valence-electron chi connectivity index (χ1n) is 8.52. The molecule has 0 radical (unpaired) electrons. The van der Waals surface area contributed by atoms with Gasteiger partial charge in [-0.1, -0.05) is 23.2 Å². The molecule has 9 heteroatoms. The van der Waals surface area contributed by atoms with E-state index in [0.717, 1.165) is 0 Å². The van der Waals surface area contributed by atoms with Crippen molar-refractivity contribution in [3.05, 3.63) is 28.2 Å². The van der Waals surface area contributed by atoms with Crippen LogP contribution in [0.2, 0.25) is 10.0 Å². The molecule has 0 unspecified atom stereocenters. The third-order valence-electron chi connectivity index (χ3n) is 4.47. The van der Waals surface area contributed by atoms with Gasteiger partial charge in [0.15, 0.2) is 0 Å². The van der Waals surface area contributed by atoms with Crippen molar-refractivity contribution in [1.82, 2.24) is 10.1 Å². The van der Waals surface area contributed by atoms with Crippen LogP contribution in [-0.2, 0) is 14.8 Å². The molecule has 0 saturated heterocycles. The van der Waals surface area contributed by atoms with Gasteiger partial charge in [-0.2, -0.15) is 0 Å². The maximum atomic E-state index is 12.3. The fraction of sp³-hybridized carbons (Fsp3) is 0.588. The third kappa shape index (κ3) is 5.49. The highest BCUT2D eigenvalue weighted by Gasteiger charge is 2.34. The average Bonchev–Trinajstić information content (AvgIpc) is 2.54. The van der Waals surface area contributed by atoms with E-state index in [1.54, 1.807) is 39.0 Å². The number of anilines is 1. The van der Waals surface area contributed by atoms with Crippen LogP contribution < -0.4 is 15.6 Å². The molecular formula is C17H25Cl2N3O3S. The summed E-state index contributed by atoms with van der Waals surface area (Å²) in [5, 5.41) is 0.966. The van der Waals surface area contributed by atoms with Gasteiger partial charge in [-0.05, 0) is 64.7 Å². The number of carbonyl (C=O) groups excluding carboxylic acids is 1. The summed E-state index contributed by atoms with van der Waals surface area (Å²) in [6, 6.07) is 4.81. The lowest BCUT2D eigenvalue weighted by atomic mass is 9.86. The largest absolute Gasteiger partial charge is 0.297 e. The Morgan fingerprint density at radius 1 is 1.12 bits per heavy atom. The van der Waals surface area contributed by atoms with E-state index in [9.17, 15) is 13.2 Å². The molecule has 26 heavy (non-hydrogen) atoms. The first-order valence-corrected chi connectivity index (χ1v) is 10.8. The van der Waals surface area contributed by atoms with Gasteiger partial charge in [-0.25, -0.2) is 13.1 Å². The Bertz CT molecular complexity index is 755. The molecule has 0 bridgehead atoms. The van der Waals surface area contributed by atoms with Crippen molar-refractivity contribution in [2.45, 2.75) is 57.2 Å². The van der Waals surface area contributed by atoms with Gasteiger partial charge in [0.2, 0.25) is 15.9 Å². The minimum absolute atomic E-state index is 0.126. The number of hydrogen-bond acceptors (Lipinski definition) is 4. The minimum Gasteiger partial charge on any atom is -0.297 e. The number of rotatable bonds is 5. The van der Waals surface area contributed by atoms with Crippen LogP contribution in [0.4, 0.5) is 5.69 Å². The maximum absolute atomic E-state index is 12.3. The van der Waals surface area contributed by atoms with Crippen molar-refractivity contribution in [3.8, 4) is 0 Å². The lowest BCUT2D eigenvalue weighted by Gasteiger charge is -2.30. The second kappa shape index (κ2) is 8.33. The molecule has 0 aliphatic heterocycles. The molecule has 146 valence electrons. The molecule has 1 amide bonds. The molecule has 0 spiro atoms. The fourth-order valence-corrected chi connectivity index (χ4v) is 4.06. The van der Waals surface area contributed by atoms with Gasteiger partial charge in [-0.15, -0.1) is 0 Å². The van der Waals surface area contributed by atoms with Crippen molar-refractivity contribution >= 4 is 44.8 Å². The summed E-state index contributed by atoms with van der Waals surface area (Å²) >= 11 is 12.0. The molecule has 1 aliphatic carbocycles. The smallest absolute Gasteiger partial charge is 0.241 e. The number of halogens is 2. The highest BCUT2D eigenvalue weighted by Crippen LogP contribution is 2.27. The monoisotopic (exact) mass is 421 g/mol. The summed E-state index contributed by atoms with van der Waals surface area (Å²) in [6.07, 6.45) is 2.50. The SMILES string of the molecule is CC(C)(C)S(=O)(=O)N[C@H]1CC[C@H](C(=O)NNc2cc(Cl)ccc2Cl)CC1. The normalized spacial score (nSPS) is 21.3. The van der Waals surface area contributed by atoms with E-state index in [-0.39, 0.29) is 17.9 Å². The maximum Gasteiger partial charge on any atom is 0.241 e. The van der Waals surface area contributed by atoms with Gasteiger partial charge in [0.1, 0.15) is 0 Å². The Hall–Kier alpha value is -1.02. The van der Waals surface area contributed by atoms with Crippen molar-refractivity contribution in [2.75, 3.05) is 5.43 Å². The van der Waals surface area contributed by atoms with Gasteiger partial charge in [0, 0.05) is 17.0 Å². The summed E-state index contributed by atoms with van der Waals surface area (Å²) in [5.74, 6) is -0.311. The number of benzene rings is 1. The van der Waals surface area contributed by atoms with Crippen LogP contribution in [0.3, 0.4) is 0 Å². The standard InChI is InChI=1S/C17H25Cl2N3O3S/c1-17(2,3)26(24,25)22-13-7-4-11(5-8-13)16(23)21-20-15-10-12(18)6-9-14(15)19/h6,9-11,13,20,22H,4-5,7-8H2,1-3H3,(H,21,23)/t11-,13-. The van der Waals surface area contributed by atoms with Gasteiger partial charge in [0.05, 0.1) is 15.5 Å². The first kappa shape index (κ1) is 21.3. The molecule has 6 nitrogen and oxygen atoms in total. The molecule has 1 aliphatic rings. The van der Waals surface area contributed by atoms with Crippen LogP contribution >= 0.6 is 23.2 Å². The Morgan fingerprint density at radius 2 is 1.73 bits per heavy atom. The second-order valence-electron chi connectivity index (χ2n) is 7.52. The average molecular weight is 422 g/mol. The van der Waals surface area contributed by atoms with E-state index in [0.29, 0.717) is 41.4 Å². The van der Waals surface area contributed by atoms with E-state index >= 15 is 0 Å². The zero-order valence-electron chi connectivity index (χ0n) is 15.1. The highest BCUT2D eigenvalue weighted by atomic mass is 35.5. The molecule has 1 saturated carbocycles. The minimum atomic E-state index is -3.38. The number of hydrazine groups is 1. The van der Waals surface area contributed by atoms with E-state index in [1.807, 2.05) is 0 Å². The van der Waals surface area contributed by atoms with E-state index < -0.39 is 14.8 Å². The highest BCUT2D eigenvalue weighted by molar-refractivity contribution is 7.90. The van der Waals surface area contributed by atoms with Crippen LogP contribution in [0.25, 0.3) is 0 Å². The summed E-state index contributed by atoms with van der Waals surface area (Å²) < 4.78 is 26.4. The Kier molecular flexibility index (Phi) is 6.82. The van der Waals surface area contributed by atoms with Crippen molar-refractivity contribution in [1.29, 1.82) is 0 Å². The molecule has 0 atom stereocenters.